The number of nitro groups is 1. The minimum atomic E-state index is -0.600. The van der Waals surface area contributed by atoms with Gasteiger partial charge in [0.25, 0.3) is 5.69 Å². The molecule has 0 bridgehead atoms. The number of ketones is 1. The van der Waals surface area contributed by atoms with Crippen molar-refractivity contribution in [1.29, 1.82) is 0 Å². The molecule has 1 saturated heterocycles. The lowest BCUT2D eigenvalue weighted by Crippen LogP contribution is -2.16. The fraction of sp³-hybridized carbons (Fsp3) is 0.176. The quantitative estimate of drug-likeness (QED) is 0.376. The van der Waals surface area contributed by atoms with Gasteiger partial charge in [0.2, 0.25) is 5.91 Å². The topological polar surface area (TPSA) is 80.3 Å². The van der Waals surface area contributed by atoms with Gasteiger partial charge in [-0.15, -0.1) is 0 Å². The molecule has 1 aliphatic heterocycles. The molecule has 6 nitrogen and oxygen atoms in total. The molecule has 6 heteroatoms. The van der Waals surface area contributed by atoms with Gasteiger partial charge >= 0.3 is 0 Å². The Kier molecular flexibility index (Phi) is 3.65. The van der Waals surface area contributed by atoms with Crippen LogP contribution in [0.15, 0.2) is 54.6 Å². The van der Waals surface area contributed by atoms with Gasteiger partial charge in [0, 0.05) is 24.6 Å². The first-order chi connectivity index (χ1) is 11.0. The molecule has 0 unspecified atom stereocenters. The first-order valence-electron chi connectivity index (χ1n) is 7.13. The van der Waals surface area contributed by atoms with Crippen LogP contribution in [0.3, 0.4) is 0 Å². The van der Waals surface area contributed by atoms with Crippen molar-refractivity contribution in [3.8, 4) is 0 Å². The Bertz CT molecular complexity index is 788. The summed E-state index contributed by atoms with van der Waals surface area (Å²) in [6.45, 7) is 1.39. The minimum absolute atomic E-state index is 0.0520. The van der Waals surface area contributed by atoms with Gasteiger partial charge in [-0.2, -0.15) is 0 Å². The monoisotopic (exact) mass is 310 g/mol. The molecule has 2 atom stereocenters. The Hall–Kier alpha value is -3.02. The summed E-state index contributed by atoms with van der Waals surface area (Å²) in [5.74, 6) is -0.381. The van der Waals surface area contributed by atoms with Crippen LogP contribution < -0.4 is 0 Å². The van der Waals surface area contributed by atoms with Crippen LogP contribution in [-0.4, -0.2) is 27.6 Å². The minimum Gasteiger partial charge on any atom is -0.320 e. The third kappa shape index (κ3) is 2.70. The van der Waals surface area contributed by atoms with E-state index in [1.165, 1.54) is 24.0 Å². The van der Waals surface area contributed by atoms with Crippen molar-refractivity contribution < 1.29 is 14.5 Å². The van der Waals surface area contributed by atoms with Crippen LogP contribution >= 0.6 is 0 Å². The number of carbonyl (C=O) groups is 2. The molecule has 0 aromatic heterocycles. The molecule has 23 heavy (non-hydrogen) atoms. The average molecular weight is 310 g/mol. The maximum atomic E-state index is 12.6. The number of non-ortho nitro benzene ring substituents is 1. The fourth-order valence-electron chi connectivity index (χ4n) is 2.83. The fourth-order valence-corrected chi connectivity index (χ4v) is 2.83. The zero-order valence-corrected chi connectivity index (χ0v) is 12.4. The van der Waals surface area contributed by atoms with E-state index in [1.54, 1.807) is 36.4 Å². The molecule has 3 rings (SSSR count). The van der Waals surface area contributed by atoms with E-state index in [-0.39, 0.29) is 17.4 Å². The standard InChI is InChI=1S/C17H14N2O4/c1-11(20)18-15(13-8-5-9-14(10-13)19(22)23)16(18)17(21)12-6-3-2-4-7-12/h2-10,15-16H,1H3/t15-,16+,18?/m1/s1. The summed E-state index contributed by atoms with van der Waals surface area (Å²) in [7, 11) is 0. The van der Waals surface area contributed by atoms with E-state index in [0.717, 1.165) is 0 Å². The molecule has 116 valence electrons. The second-order valence-electron chi connectivity index (χ2n) is 5.40. The van der Waals surface area contributed by atoms with Crippen molar-refractivity contribution in [2.45, 2.75) is 19.0 Å². The third-order valence-corrected chi connectivity index (χ3v) is 3.92. The zero-order chi connectivity index (χ0) is 16.6. The van der Waals surface area contributed by atoms with Gasteiger partial charge in [-0.25, -0.2) is 0 Å². The number of rotatable bonds is 4. The molecular formula is C17H14N2O4. The Morgan fingerprint density at radius 1 is 1.09 bits per heavy atom. The second kappa shape index (κ2) is 5.64. The van der Waals surface area contributed by atoms with E-state index in [0.29, 0.717) is 11.1 Å². The average Bonchev–Trinajstić information content (AvgIpc) is 3.31. The predicted octanol–water partition coefficient (Wildman–Crippen LogP) is 2.75. The number of benzene rings is 2. The zero-order valence-electron chi connectivity index (χ0n) is 12.4. The van der Waals surface area contributed by atoms with Crippen molar-refractivity contribution in [2.75, 3.05) is 0 Å². The number of Topliss-reactive ketones (excluding diaryl/α,β-unsaturated/α-hetero) is 1. The van der Waals surface area contributed by atoms with Gasteiger partial charge < -0.3 is 4.90 Å². The first kappa shape index (κ1) is 14.9. The lowest BCUT2D eigenvalue weighted by molar-refractivity contribution is -0.384. The summed E-state index contributed by atoms with van der Waals surface area (Å²) >= 11 is 0. The largest absolute Gasteiger partial charge is 0.320 e. The highest BCUT2D eigenvalue weighted by Gasteiger charge is 2.55. The van der Waals surface area contributed by atoms with E-state index in [1.807, 2.05) is 6.07 Å². The van der Waals surface area contributed by atoms with Crippen LogP contribution in [0.1, 0.15) is 28.9 Å². The molecular weight excluding hydrogens is 296 g/mol. The Morgan fingerprint density at radius 3 is 2.39 bits per heavy atom. The molecule has 0 spiro atoms. The molecule has 0 radical (unpaired) electrons. The maximum absolute atomic E-state index is 12.6. The molecule has 2 aromatic carbocycles. The molecule has 0 saturated carbocycles. The van der Waals surface area contributed by atoms with Gasteiger partial charge in [0.15, 0.2) is 5.78 Å². The van der Waals surface area contributed by atoms with Gasteiger partial charge in [0.1, 0.15) is 6.04 Å². The number of nitrogens with zero attached hydrogens (tertiary/aromatic N) is 2. The summed E-state index contributed by atoms with van der Waals surface area (Å²) < 4.78 is 0. The van der Waals surface area contributed by atoms with Crippen LogP contribution in [0.4, 0.5) is 5.69 Å². The predicted molar refractivity (Wildman–Crippen MR) is 82.9 cm³/mol. The van der Waals surface area contributed by atoms with E-state index < -0.39 is 17.0 Å². The van der Waals surface area contributed by atoms with Gasteiger partial charge in [0.05, 0.1) is 11.0 Å². The summed E-state index contributed by atoms with van der Waals surface area (Å²) in [6.07, 6.45) is 0. The second-order valence-corrected chi connectivity index (χ2v) is 5.40. The van der Waals surface area contributed by atoms with Crippen LogP contribution in [0, 0.1) is 10.1 Å². The lowest BCUT2D eigenvalue weighted by atomic mass is 10.0. The smallest absolute Gasteiger partial charge is 0.269 e. The molecule has 1 amide bonds. The molecule has 2 aromatic rings. The van der Waals surface area contributed by atoms with Crippen molar-refractivity contribution >= 4 is 17.4 Å². The number of amides is 1. The normalized spacial score (nSPS) is 19.3. The van der Waals surface area contributed by atoms with Crippen molar-refractivity contribution in [2.24, 2.45) is 0 Å². The summed E-state index contributed by atoms with van der Waals surface area (Å²) in [6, 6.07) is 13.7. The van der Waals surface area contributed by atoms with Gasteiger partial charge in [-0.3, -0.25) is 19.7 Å². The highest BCUT2D eigenvalue weighted by molar-refractivity contribution is 6.05. The molecule has 1 fully saturated rings. The molecule has 1 aliphatic rings. The van der Waals surface area contributed by atoms with Gasteiger partial charge in [-0.05, 0) is 5.56 Å². The van der Waals surface area contributed by atoms with E-state index in [9.17, 15) is 19.7 Å². The first-order valence-corrected chi connectivity index (χ1v) is 7.13. The highest BCUT2D eigenvalue weighted by atomic mass is 16.6. The van der Waals surface area contributed by atoms with Gasteiger partial charge in [-0.1, -0.05) is 42.5 Å². The van der Waals surface area contributed by atoms with Crippen molar-refractivity contribution in [3.05, 3.63) is 75.8 Å². The molecule has 0 N–H and O–H groups in total. The van der Waals surface area contributed by atoms with E-state index >= 15 is 0 Å². The van der Waals surface area contributed by atoms with Crippen LogP contribution in [-0.2, 0) is 4.79 Å². The highest BCUT2D eigenvalue weighted by Crippen LogP contribution is 2.45. The number of hydrogen-bond donors (Lipinski definition) is 0. The molecule has 1 heterocycles. The Morgan fingerprint density at radius 2 is 1.78 bits per heavy atom. The SMILES string of the molecule is CC(=O)N1[C@H](C(=O)c2ccccc2)[C@H]1c1cccc([N+](=O)[O-])c1. The van der Waals surface area contributed by atoms with Crippen LogP contribution in [0.25, 0.3) is 0 Å². The number of carbonyl (C=O) groups excluding carboxylic acids is 2. The van der Waals surface area contributed by atoms with Crippen molar-refractivity contribution in [3.63, 3.8) is 0 Å². The number of nitro benzene ring substituents is 1. The van der Waals surface area contributed by atoms with Crippen LogP contribution in [0.5, 0.6) is 0 Å². The maximum Gasteiger partial charge on any atom is 0.269 e. The lowest BCUT2D eigenvalue weighted by Gasteiger charge is -2.00. The number of hydrogen-bond acceptors (Lipinski definition) is 4. The Balaban J connectivity index is 1.93. The van der Waals surface area contributed by atoms with Crippen LogP contribution in [0.2, 0.25) is 0 Å². The van der Waals surface area contributed by atoms with Crippen molar-refractivity contribution in [1.82, 2.24) is 4.90 Å². The van der Waals surface area contributed by atoms with E-state index in [2.05, 4.69) is 0 Å². The third-order valence-electron chi connectivity index (χ3n) is 3.92. The van der Waals surface area contributed by atoms with E-state index in [4.69, 9.17) is 0 Å². The summed E-state index contributed by atoms with van der Waals surface area (Å²) in [4.78, 5) is 36.3. The Labute approximate surface area is 132 Å². The summed E-state index contributed by atoms with van der Waals surface area (Å²) in [5.41, 5.74) is 1.07. The summed E-state index contributed by atoms with van der Waals surface area (Å²) in [5, 5.41) is 10.9. The molecule has 0 aliphatic carbocycles.